The van der Waals surface area contributed by atoms with E-state index in [-0.39, 0.29) is 10.7 Å². The quantitative estimate of drug-likeness (QED) is 0.498. The van der Waals surface area contributed by atoms with E-state index in [9.17, 15) is 9.00 Å². The molecule has 156 valence electrons. The van der Waals surface area contributed by atoms with E-state index in [2.05, 4.69) is 20.1 Å². The molecule has 0 bridgehead atoms. The van der Waals surface area contributed by atoms with Crippen LogP contribution in [0.2, 0.25) is 0 Å². The number of morpholine rings is 1. The molecule has 0 aromatic heterocycles. The fraction of sp³-hybridized carbons (Fsp3) is 0.889. The van der Waals surface area contributed by atoms with Gasteiger partial charge in [-0.25, -0.2) is 0 Å². The van der Waals surface area contributed by atoms with Crippen molar-refractivity contribution in [2.75, 3.05) is 78.4 Å². The van der Waals surface area contributed by atoms with Gasteiger partial charge in [-0.2, -0.15) is 0 Å². The van der Waals surface area contributed by atoms with Crippen LogP contribution in [0.3, 0.4) is 0 Å². The second-order valence-corrected chi connectivity index (χ2v) is 10.2. The van der Waals surface area contributed by atoms with Crippen molar-refractivity contribution in [1.82, 2.24) is 20.0 Å². The minimum absolute atomic E-state index is 0.191. The largest absolute Gasteiger partial charge is 0.378 e. The van der Waals surface area contributed by atoms with Gasteiger partial charge in [-0.05, 0) is 20.8 Å². The Morgan fingerprint density at radius 1 is 1.07 bits per heavy atom. The molecule has 27 heavy (non-hydrogen) atoms. The van der Waals surface area contributed by atoms with Crippen molar-refractivity contribution in [2.24, 2.45) is 4.99 Å². The fourth-order valence-corrected chi connectivity index (χ4v) is 4.02. The fourth-order valence-electron chi connectivity index (χ4n) is 3.12. The van der Waals surface area contributed by atoms with Gasteiger partial charge in [0.15, 0.2) is 5.96 Å². The number of carbonyl (C=O) groups excluding carboxylic acids is 1. The third-order valence-electron chi connectivity index (χ3n) is 4.86. The number of nitrogens with one attached hydrogen (secondary N) is 1. The molecule has 0 radical (unpaired) electrons. The van der Waals surface area contributed by atoms with Crippen molar-refractivity contribution in [1.29, 1.82) is 0 Å². The molecule has 0 aromatic carbocycles. The van der Waals surface area contributed by atoms with E-state index in [0.717, 1.165) is 32.1 Å². The Kier molecular flexibility index (Phi) is 8.50. The van der Waals surface area contributed by atoms with E-state index in [0.29, 0.717) is 45.1 Å². The highest BCUT2D eigenvalue weighted by Crippen LogP contribution is 2.10. The van der Waals surface area contributed by atoms with Gasteiger partial charge in [0.05, 0.1) is 19.8 Å². The Bertz CT molecular complexity index is 536. The molecular formula is C18H35N5O3S. The van der Waals surface area contributed by atoms with Crippen molar-refractivity contribution in [3.05, 3.63) is 0 Å². The Balaban J connectivity index is 1.71. The Morgan fingerprint density at radius 3 is 2.26 bits per heavy atom. The van der Waals surface area contributed by atoms with Crippen LogP contribution in [0.1, 0.15) is 20.8 Å². The molecule has 1 amide bonds. The van der Waals surface area contributed by atoms with E-state index in [1.54, 1.807) is 7.05 Å². The number of ether oxygens (including phenoxy) is 1. The normalized spacial score (nSPS) is 21.3. The number of amides is 1. The molecule has 2 rings (SSSR count). The molecule has 2 heterocycles. The van der Waals surface area contributed by atoms with Crippen molar-refractivity contribution in [3.8, 4) is 0 Å². The van der Waals surface area contributed by atoms with Gasteiger partial charge in [0, 0.05) is 74.2 Å². The third-order valence-corrected chi connectivity index (χ3v) is 6.80. The van der Waals surface area contributed by atoms with Crippen LogP contribution in [-0.2, 0) is 20.3 Å². The van der Waals surface area contributed by atoms with Crippen molar-refractivity contribution < 1.29 is 13.7 Å². The topological polar surface area (TPSA) is 77.5 Å². The molecule has 0 aliphatic carbocycles. The number of hydrogen-bond acceptors (Lipinski definition) is 5. The summed E-state index contributed by atoms with van der Waals surface area (Å²) in [4.78, 5) is 23.0. The number of aliphatic imine (C=N–C) groups is 1. The summed E-state index contributed by atoms with van der Waals surface area (Å²) in [6, 6.07) is 0. The minimum Gasteiger partial charge on any atom is -0.378 e. The highest BCUT2D eigenvalue weighted by atomic mass is 32.2. The van der Waals surface area contributed by atoms with Gasteiger partial charge >= 0.3 is 0 Å². The first-order valence-corrected chi connectivity index (χ1v) is 11.0. The lowest BCUT2D eigenvalue weighted by Crippen LogP contribution is -2.55. The predicted octanol–water partition coefficient (Wildman–Crippen LogP) is -0.415. The van der Waals surface area contributed by atoms with Gasteiger partial charge in [-0.3, -0.25) is 18.9 Å². The number of guanidine groups is 1. The summed E-state index contributed by atoms with van der Waals surface area (Å²) in [5.41, 5.74) is 0. The second-order valence-electron chi connectivity index (χ2n) is 7.89. The molecule has 1 atom stereocenters. The standard InChI is InChI=1S/C18H35N5O3S/c1-18(2,3)27(25)14-5-20-17(19-4)23-8-6-21(7-9-23)15-16(24)22-10-12-26-13-11-22/h5-15H2,1-4H3,(H,19,20). The Morgan fingerprint density at radius 2 is 1.70 bits per heavy atom. The maximum Gasteiger partial charge on any atom is 0.236 e. The van der Waals surface area contributed by atoms with Crippen LogP contribution in [0.4, 0.5) is 0 Å². The first-order valence-electron chi connectivity index (χ1n) is 9.73. The monoisotopic (exact) mass is 401 g/mol. The average Bonchev–Trinajstić information content (AvgIpc) is 2.66. The lowest BCUT2D eigenvalue weighted by atomic mass is 10.3. The van der Waals surface area contributed by atoms with Crippen LogP contribution in [0.5, 0.6) is 0 Å². The van der Waals surface area contributed by atoms with E-state index in [1.165, 1.54) is 0 Å². The Hall–Kier alpha value is -1.19. The van der Waals surface area contributed by atoms with Gasteiger partial charge < -0.3 is 19.9 Å². The molecule has 2 aliphatic heterocycles. The lowest BCUT2D eigenvalue weighted by molar-refractivity contribution is -0.136. The molecule has 0 aromatic rings. The summed E-state index contributed by atoms with van der Waals surface area (Å²) in [7, 11) is 0.904. The molecule has 2 aliphatic rings. The van der Waals surface area contributed by atoms with E-state index in [4.69, 9.17) is 4.74 Å². The molecule has 1 N–H and O–H groups in total. The van der Waals surface area contributed by atoms with Gasteiger partial charge in [0.25, 0.3) is 0 Å². The summed E-state index contributed by atoms with van der Waals surface area (Å²) < 4.78 is 17.3. The average molecular weight is 402 g/mol. The van der Waals surface area contributed by atoms with Gasteiger partial charge in [-0.1, -0.05) is 0 Å². The predicted molar refractivity (Wildman–Crippen MR) is 110 cm³/mol. The van der Waals surface area contributed by atoms with E-state index >= 15 is 0 Å². The first-order chi connectivity index (χ1) is 12.8. The SMILES string of the molecule is CN=C(NCCS(=O)C(C)(C)C)N1CCN(CC(=O)N2CCOCC2)CC1. The van der Waals surface area contributed by atoms with Crippen molar-refractivity contribution in [2.45, 2.75) is 25.5 Å². The van der Waals surface area contributed by atoms with Gasteiger partial charge in [-0.15, -0.1) is 0 Å². The zero-order chi connectivity index (χ0) is 19.9. The van der Waals surface area contributed by atoms with Crippen LogP contribution in [0, 0.1) is 0 Å². The second kappa shape index (κ2) is 10.4. The molecule has 1 unspecified atom stereocenters. The number of piperazine rings is 1. The van der Waals surface area contributed by atoms with Crippen molar-refractivity contribution >= 4 is 22.7 Å². The van der Waals surface area contributed by atoms with E-state index < -0.39 is 10.8 Å². The number of carbonyl (C=O) groups is 1. The maximum atomic E-state index is 12.4. The van der Waals surface area contributed by atoms with Gasteiger partial charge in [0.1, 0.15) is 0 Å². The van der Waals surface area contributed by atoms with Crippen LogP contribution in [0.25, 0.3) is 0 Å². The van der Waals surface area contributed by atoms with Gasteiger partial charge in [0.2, 0.25) is 5.91 Å². The third kappa shape index (κ3) is 7.04. The van der Waals surface area contributed by atoms with Crippen LogP contribution >= 0.6 is 0 Å². The summed E-state index contributed by atoms with van der Waals surface area (Å²) in [5, 5.41) is 3.32. The molecular weight excluding hydrogens is 366 g/mol. The molecule has 0 spiro atoms. The summed E-state index contributed by atoms with van der Waals surface area (Å²) >= 11 is 0. The molecule has 0 saturated carbocycles. The lowest BCUT2D eigenvalue weighted by Gasteiger charge is -2.37. The van der Waals surface area contributed by atoms with Crippen LogP contribution in [0.15, 0.2) is 4.99 Å². The summed E-state index contributed by atoms with van der Waals surface area (Å²) in [6.45, 7) is 13.1. The first kappa shape index (κ1) is 22.1. The molecule has 8 nitrogen and oxygen atoms in total. The molecule has 9 heteroatoms. The summed E-state index contributed by atoms with van der Waals surface area (Å²) in [6.07, 6.45) is 0. The van der Waals surface area contributed by atoms with Crippen molar-refractivity contribution in [3.63, 3.8) is 0 Å². The highest BCUT2D eigenvalue weighted by molar-refractivity contribution is 7.86. The highest BCUT2D eigenvalue weighted by Gasteiger charge is 2.24. The number of nitrogens with zero attached hydrogens (tertiary/aromatic N) is 4. The number of hydrogen-bond donors (Lipinski definition) is 1. The minimum atomic E-state index is -0.871. The van der Waals surface area contributed by atoms with E-state index in [1.807, 2.05) is 25.7 Å². The van der Waals surface area contributed by atoms with Crippen LogP contribution < -0.4 is 5.32 Å². The van der Waals surface area contributed by atoms with Crippen LogP contribution in [-0.4, -0.2) is 114 Å². The Labute approximate surface area is 165 Å². The molecule has 2 saturated heterocycles. The smallest absolute Gasteiger partial charge is 0.236 e. The number of rotatable bonds is 5. The maximum absolute atomic E-state index is 12.4. The zero-order valence-corrected chi connectivity index (χ0v) is 18.0. The zero-order valence-electron chi connectivity index (χ0n) is 17.2. The molecule has 2 fully saturated rings. The summed E-state index contributed by atoms with van der Waals surface area (Å²) in [5.74, 6) is 1.65.